The molecular weight excluding hydrogens is 342 g/mol. The minimum Gasteiger partial charge on any atom is -0.265 e. The average molecular weight is 361 g/mol. The number of hydrogen-bond acceptors (Lipinski definition) is 5. The Labute approximate surface area is 146 Å². The number of nitro groups is 1. The Morgan fingerprint density at radius 2 is 1.76 bits per heavy atom. The minimum atomic E-state index is -3.74. The molecule has 8 heteroatoms. The van der Waals surface area contributed by atoms with E-state index in [4.69, 9.17) is 5.14 Å². The number of benzene rings is 2. The maximum absolute atomic E-state index is 11.2. The van der Waals surface area contributed by atoms with Crippen LogP contribution in [-0.2, 0) is 10.0 Å². The van der Waals surface area contributed by atoms with Crippen LogP contribution in [0.3, 0.4) is 0 Å². The quantitative estimate of drug-likeness (QED) is 0.463. The van der Waals surface area contributed by atoms with Crippen LogP contribution in [-0.4, -0.2) is 25.6 Å². The van der Waals surface area contributed by atoms with Crippen molar-refractivity contribution in [2.24, 2.45) is 10.1 Å². The number of sulfonamides is 1. The summed E-state index contributed by atoms with van der Waals surface area (Å²) in [6, 6.07) is 15.1. The molecule has 1 atom stereocenters. The van der Waals surface area contributed by atoms with Gasteiger partial charge in [-0.05, 0) is 43.2 Å². The first-order chi connectivity index (χ1) is 11.8. The van der Waals surface area contributed by atoms with Crippen molar-refractivity contribution in [3.05, 3.63) is 70.3 Å². The Morgan fingerprint density at radius 1 is 1.16 bits per heavy atom. The molecule has 0 spiro atoms. The molecule has 0 unspecified atom stereocenters. The predicted molar refractivity (Wildman–Crippen MR) is 96.2 cm³/mol. The van der Waals surface area contributed by atoms with Gasteiger partial charge < -0.3 is 0 Å². The maximum atomic E-state index is 11.2. The first-order valence-corrected chi connectivity index (χ1v) is 9.14. The van der Waals surface area contributed by atoms with E-state index in [0.29, 0.717) is 12.1 Å². The van der Waals surface area contributed by atoms with Gasteiger partial charge in [0.15, 0.2) is 0 Å². The highest BCUT2D eigenvalue weighted by Gasteiger charge is 2.18. The highest BCUT2D eigenvalue weighted by molar-refractivity contribution is 7.89. The van der Waals surface area contributed by atoms with Crippen molar-refractivity contribution in [2.75, 3.05) is 6.54 Å². The zero-order valence-electron chi connectivity index (χ0n) is 13.7. The molecule has 2 N–H and O–H groups in total. The summed E-state index contributed by atoms with van der Waals surface area (Å²) in [6.07, 6.45) is 0.432. The van der Waals surface area contributed by atoms with Crippen LogP contribution in [0, 0.1) is 10.1 Å². The molecule has 2 aromatic carbocycles. The van der Waals surface area contributed by atoms with Gasteiger partial charge in [0.25, 0.3) is 0 Å². The molecule has 2 rings (SSSR count). The molecule has 0 aliphatic heterocycles. The first-order valence-electron chi connectivity index (χ1n) is 7.59. The molecule has 0 saturated heterocycles. The molecule has 0 amide bonds. The van der Waals surface area contributed by atoms with Crippen LogP contribution < -0.4 is 5.14 Å². The molecule has 0 aliphatic carbocycles. The fraction of sp³-hybridized carbons (Fsp3) is 0.235. The van der Waals surface area contributed by atoms with Crippen LogP contribution in [0.2, 0.25) is 0 Å². The smallest absolute Gasteiger partial charge is 0.238 e. The van der Waals surface area contributed by atoms with Gasteiger partial charge in [0.1, 0.15) is 0 Å². The highest BCUT2D eigenvalue weighted by Crippen LogP contribution is 2.22. The molecule has 0 aliphatic rings. The highest BCUT2D eigenvalue weighted by atomic mass is 32.2. The SMILES string of the molecule is CC(C[C@H](C[N+](=O)[O-])c1ccccc1)=Nc1ccc(S(N)(=O)=O)cc1. The zero-order valence-corrected chi connectivity index (χ0v) is 14.5. The molecule has 25 heavy (non-hydrogen) atoms. The zero-order chi connectivity index (χ0) is 18.4. The van der Waals surface area contributed by atoms with Crippen LogP contribution in [0.4, 0.5) is 5.69 Å². The molecule has 7 nitrogen and oxygen atoms in total. The van der Waals surface area contributed by atoms with Gasteiger partial charge >= 0.3 is 0 Å². The van der Waals surface area contributed by atoms with E-state index in [9.17, 15) is 18.5 Å². The van der Waals surface area contributed by atoms with Gasteiger partial charge in [-0.1, -0.05) is 30.3 Å². The second kappa shape index (κ2) is 8.00. The molecule has 0 fully saturated rings. The first kappa shape index (κ1) is 18.8. The molecule has 2 aromatic rings. The van der Waals surface area contributed by atoms with Gasteiger partial charge in [0.05, 0.1) is 16.5 Å². The van der Waals surface area contributed by atoms with Gasteiger partial charge in [-0.25, -0.2) is 13.6 Å². The van der Waals surface area contributed by atoms with Crippen molar-refractivity contribution >= 4 is 21.4 Å². The van der Waals surface area contributed by atoms with E-state index in [1.807, 2.05) is 30.3 Å². The summed E-state index contributed by atoms with van der Waals surface area (Å²) in [6.45, 7) is 1.62. The summed E-state index contributed by atoms with van der Waals surface area (Å²) in [5.41, 5.74) is 2.18. The van der Waals surface area contributed by atoms with Crippen molar-refractivity contribution in [2.45, 2.75) is 24.2 Å². The van der Waals surface area contributed by atoms with Crippen molar-refractivity contribution < 1.29 is 13.3 Å². The lowest BCUT2D eigenvalue weighted by molar-refractivity contribution is -0.483. The Kier molecular flexibility index (Phi) is 6.00. The maximum Gasteiger partial charge on any atom is 0.238 e. The summed E-state index contributed by atoms with van der Waals surface area (Å²) in [4.78, 5) is 15.1. The summed E-state index contributed by atoms with van der Waals surface area (Å²) >= 11 is 0. The lowest BCUT2D eigenvalue weighted by Gasteiger charge is -2.13. The number of hydrogen-bond donors (Lipinski definition) is 1. The fourth-order valence-corrected chi connectivity index (χ4v) is 3.04. The van der Waals surface area contributed by atoms with Crippen LogP contribution >= 0.6 is 0 Å². The number of primary sulfonamides is 1. The monoisotopic (exact) mass is 361 g/mol. The third kappa shape index (κ3) is 5.77. The van der Waals surface area contributed by atoms with Crippen LogP contribution in [0.1, 0.15) is 24.8 Å². The van der Waals surface area contributed by atoms with E-state index in [2.05, 4.69) is 4.99 Å². The van der Waals surface area contributed by atoms with Crippen molar-refractivity contribution in [3.8, 4) is 0 Å². The molecular formula is C17H19N3O4S. The Balaban J connectivity index is 2.18. The fourth-order valence-electron chi connectivity index (χ4n) is 2.53. The number of nitrogens with two attached hydrogens (primary N) is 1. The normalized spacial score (nSPS) is 13.4. The van der Waals surface area contributed by atoms with Crippen LogP contribution in [0.25, 0.3) is 0 Å². The standard InChI is InChI=1S/C17H19N3O4S/c1-13(19-16-7-9-17(10-8-16)25(18,23)24)11-15(12-20(21)22)14-5-3-2-4-6-14/h2-10,15H,11-12H2,1H3,(H2,18,23,24)/t15-/m1/s1. The van der Waals surface area contributed by atoms with E-state index < -0.39 is 10.0 Å². The molecule has 0 heterocycles. The minimum absolute atomic E-state index is 0.0135. The molecule has 0 saturated carbocycles. The van der Waals surface area contributed by atoms with E-state index >= 15 is 0 Å². The van der Waals surface area contributed by atoms with Gasteiger partial charge in [-0.3, -0.25) is 15.1 Å². The van der Waals surface area contributed by atoms with E-state index in [0.717, 1.165) is 11.3 Å². The average Bonchev–Trinajstić information content (AvgIpc) is 2.54. The molecule has 132 valence electrons. The van der Waals surface area contributed by atoms with Crippen molar-refractivity contribution in [3.63, 3.8) is 0 Å². The van der Waals surface area contributed by atoms with Crippen LogP contribution in [0.15, 0.2) is 64.5 Å². The lowest BCUT2D eigenvalue weighted by atomic mass is 9.94. The summed E-state index contributed by atoms with van der Waals surface area (Å²) in [5, 5.41) is 16.0. The Hall–Kier alpha value is -2.58. The second-order valence-electron chi connectivity index (χ2n) is 5.71. The Morgan fingerprint density at radius 3 is 2.28 bits per heavy atom. The largest absolute Gasteiger partial charge is 0.265 e. The van der Waals surface area contributed by atoms with Crippen molar-refractivity contribution in [1.29, 1.82) is 0 Å². The topological polar surface area (TPSA) is 116 Å². The number of rotatable bonds is 7. The van der Waals surface area contributed by atoms with Gasteiger partial charge in [-0.15, -0.1) is 0 Å². The molecule has 0 bridgehead atoms. The predicted octanol–water partition coefficient (Wildman–Crippen LogP) is 2.88. The lowest BCUT2D eigenvalue weighted by Crippen LogP contribution is -2.15. The van der Waals surface area contributed by atoms with Gasteiger partial charge in [-0.2, -0.15) is 0 Å². The molecule has 0 radical (unpaired) electrons. The van der Waals surface area contributed by atoms with Gasteiger partial charge in [0, 0.05) is 10.6 Å². The summed E-state index contributed by atoms with van der Waals surface area (Å²) in [7, 11) is -3.74. The van der Waals surface area contributed by atoms with E-state index in [-0.39, 0.29) is 22.3 Å². The number of nitrogens with zero attached hydrogens (tertiary/aromatic N) is 2. The molecule has 0 aromatic heterocycles. The van der Waals surface area contributed by atoms with E-state index in [1.54, 1.807) is 19.1 Å². The van der Waals surface area contributed by atoms with Crippen molar-refractivity contribution in [1.82, 2.24) is 0 Å². The third-order valence-corrected chi connectivity index (χ3v) is 4.60. The second-order valence-corrected chi connectivity index (χ2v) is 7.27. The van der Waals surface area contributed by atoms with Gasteiger partial charge in [0.2, 0.25) is 16.6 Å². The van der Waals surface area contributed by atoms with E-state index in [1.165, 1.54) is 12.1 Å². The Bertz CT molecular complexity index is 863. The third-order valence-electron chi connectivity index (χ3n) is 3.67. The summed E-state index contributed by atoms with van der Waals surface area (Å²) < 4.78 is 22.5. The summed E-state index contributed by atoms with van der Waals surface area (Å²) in [5.74, 6) is -0.274. The van der Waals surface area contributed by atoms with Crippen LogP contribution in [0.5, 0.6) is 0 Å². The number of aliphatic imine (C=N–C) groups is 1.